The Morgan fingerprint density at radius 3 is 2.44 bits per heavy atom. The first-order valence-corrected chi connectivity index (χ1v) is 12.1. The molecule has 0 aliphatic rings. The molecule has 1 atom stereocenters. The van der Waals surface area contributed by atoms with E-state index in [0.29, 0.717) is 31.6 Å². The van der Waals surface area contributed by atoms with Gasteiger partial charge >= 0.3 is 0 Å². The van der Waals surface area contributed by atoms with Crippen LogP contribution in [0, 0.1) is 17.0 Å². The van der Waals surface area contributed by atoms with Crippen LogP contribution in [0.25, 0.3) is 11.1 Å². The van der Waals surface area contributed by atoms with E-state index in [-0.39, 0.29) is 28.7 Å². The fraction of sp³-hybridized carbons (Fsp3) is 0.370. The number of amides is 1. The van der Waals surface area contributed by atoms with Crippen LogP contribution < -0.4 is 5.73 Å². The van der Waals surface area contributed by atoms with Crippen LogP contribution >= 0.6 is 12.6 Å². The highest BCUT2D eigenvalue weighted by molar-refractivity contribution is 7.81. The van der Waals surface area contributed by atoms with E-state index in [4.69, 9.17) is 5.73 Å². The Morgan fingerprint density at radius 2 is 1.82 bits per heavy atom. The zero-order chi connectivity index (χ0) is 24.9. The number of nitrogens with zero attached hydrogens (tertiary/aromatic N) is 2. The Labute approximate surface area is 206 Å². The maximum absolute atomic E-state index is 14.7. The molecular formula is C27H33F2N3OS. The third kappa shape index (κ3) is 6.07. The minimum Gasteiger partial charge on any atom is -0.344 e. The third-order valence-corrected chi connectivity index (χ3v) is 6.11. The number of aromatic nitrogens is 1. The van der Waals surface area contributed by atoms with Crippen molar-refractivity contribution in [2.75, 3.05) is 18.8 Å². The van der Waals surface area contributed by atoms with Crippen LogP contribution in [0.1, 0.15) is 44.5 Å². The summed E-state index contributed by atoms with van der Waals surface area (Å²) in [4.78, 5) is 14.8. The number of hydrogen-bond acceptors (Lipinski definition) is 3. The number of hydrogen-bond donors (Lipinski definition) is 2. The molecule has 3 rings (SSSR count). The number of benzene rings is 2. The summed E-state index contributed by atoms with van der Waals surface area (Å²) in [6.45, 7) is 7.68. The lowest BCUT2D eigenvalue weighted by molar-refractivity contribution is -0.133. The molecule has 0 spiro atoms. The highest BCUT2D eigenvalue weighted by Gasteiger charge is 2.36. The zero-order valence-corrected chi connectivity index (χ0v) is 20.9. The van der Waals surface area contributed by atoms with E-state index in [9.17, 15) is 13.6 Å². The fourth-order valence-electron chi connectivity index (χ4n) is 4.36. The molecule has 1 heterocycles. The molecule has 1 unspecified atom stereocenters. The molecule has 0 aliphatic heterocycles. The van der Waals surface area contributed by atoms with Gasteiger partial charge in [0.15, 0.2) is 0 Å². The first-order valence-electron chi connectivity index (χ1n) is 11.5. The van der Waals surface area contributed by atoms with Gasteiger partial charge in [-0.3, -0.25) is 4.79 Å². The van der Waals surface area contributed by atoms with Crippen LogP contribution in [0.5, 0.6) is 0 Å². The minimum atomic E-state index is -0.504. The van der Waals surface area contributed by atoms with Crippen LogP contribution in [-0.4, -0.2) is 34.2 Å². The lowest BCUT2D eigenvalue weighted by atomic mass is 9.83. The summed E-state index contributed by atoms with van der Waals surface area (Å²) in [5, 5.41) is 0. The Balaban J connectivity index is 2.20. The van der Waals surface area contributed by atoms with Gasteiger partial charge in [0, 0.05) is 36.1 Å². The lowest BCUT2D eigenvalue weighted by Gasteiger charge is -2.41. The minimum absolute atomic E-state index is 0.0714. The molecule has 2 aromatic carbocycles. The summed E-state index contributed by atoms with van der Waals surface area (Å²) in [6.07, 6.45) is 2.49. The average molecular weight is 486 g/mol. The van der Waals surface area contributed by atoms with E-state index in [2.05, 4.69) is 33.4 Å². The first-order chi connectivity index (χ1) is 16.2. The molecule has 4 nitrogen and oxygen atoms in total. The SMILES string of the molecule is CC(C)(C)C(c1cc(-c2cc(F)ccc2F)cn1Cc1ccccc1)N(CCCN)C(=O)CS. The molecule has 2 N–H and O–H groups in total. The van der Waals surface area contributed by atoms with Crippen molar-refractivity contribution in [2.45, 2.75) is 39.8 Å². The van der Waals surface area contributed by atoms with Crippen LogP contribution in [-0.2, 0) is 11.3 Å². The molecule has 0 aliphatic carbocycles. The molecule has 0 bridgehead atoms. The number of nitrogens with two attached hydrogens (primary N) is 1. The van der Waals surface area contributed by atoms with Crippen molar-refractivity contribution in [3.63, 3.8) is 0 Å². The largest absolute Gasteiger partial charge is 0.344 e. The Morgan fingerprint density at radius 1 is 1.12 bits per heavy atom. The quantitative estimate of drug-likeness (QED) is 0.384. The second-order valence-electron chi connectivity index (χ2n) is 9.55. The number of carbonyl (C=O) groups excluding carboxylic acids is 1. The lowest BCUT2D eigenvalue weighted by Crippen LogP contribution is -2.43. The number of thiol groups is 1. The Hall–Kier alpha value is -2.64. The van der Waals surface area contributed by atoms with Gasteiger partial charge in [-0.05, 0) is 48.2 Å². The van der Waals surface area contributed by atoms with Crippen molar-refractivity contribution in [3.8, 4) is 11.1 Å². The first kappa shape index (κ1) is 26.0. The van der Waals surface area contributed by atoms with Crippen molar-refractivity contribution in [3.05, 3.63) is 83.7 Å². The summed E-state index contributed by atoms with van der Waals surface area (Å²) in [6, 6.07) is 14.9. The molecule has 182 valence electrons. The topological polar surface area (TPSA) is 51.3 Å². The Bertz CT molecular complexity index is 1110. The molecule has 7 heteroatoms. The molecule has 0 saturated carbocycles. The van der Waals surface area contributed by atoms with Crippen LogP contribution in [0.2, 0.25) is 0 Å². The predicted octanol–water partition coefficient (Wildman–Crippen LogP) is 5.68. The predicted molar refractivity (Wildman–Crippen MR) is 137 cm³/mol. The van der Waals surface area contributed by atoms with Crippen molar-refractivity contribution >= 4 is 18.5 Å². The number of halogens is 2. The Kier molecular flexibility index (Phi) is 8.55. The van der Waals surface area contributed by atoms with E-state index < -0.39 is 11.6 Å². The summed E-state index contributed by atoms with van der Waals surface area (Å²) in [5.74, 6) is -1.02. The van der Waals surface area contributed by atoms with Gasteiger partial charge in [-0.2, -0.15) is 12.6 Å². The number of rotatable bonds is 9. The second-order valence-corrected chi connectivity index (χ2v) is 9.86. The van der Waals surface area contributed by atoms with Gasteiger partial charge in [0.05, 0.1) is 11.8 Å². The van der Waals surface area contributed by atoms with Crippen LogP contribution in [0.15, 0.2) is 60.8 Å². The molecule has 1 aromatic heterocycles. The molecule has 0 radical (unpaired) electrons. The van der Waals surface area contributed by atoms with Crippen molar-refractivity contribution < 1.29 is 13.6 Å². The summed E-state index contributed by atoms with van der Waals surface area (Å²) >= 11 is 4.25. The fourth-order valence-corrected chi connectivity index (χ4v) is 4.54. The van der Waals surface area contributed by atoms with Crippen LogP contribution in [0.3, 0.4) is 0 Å². The molecule has 0 fully saturated rings. The van der Waals surface area contributed by atoms with Crippen molar-refractivity contribution in [1.82, 2.24) is 9.47 Å². The average Bonchev–Trinajstić information content (AvgIpc) is 3.19. The molecule has 1 amide bonds. The van der Waals surface area contributed by atoms with E-state index in [1.165, 1.54) is 6.07 Å². The van der Waals surface area contributed by atoms with Gasteiger partial charge in [-0.15, -0.1) is 0 Å². The van der Waals surface area contributed by atoms with E-state index >= 15 is 0 Å². The number of carbonyl (C=O) groups is 1. The zero-order valence-electron chi connectivity index (χ0n) is 20.0. The van der Waals surface area contributed by atoms with Gasteiger partial charge in [-0.1, -0.05) is 51.1 Å². The van der Waals surface area contributed by atoms with Crippen molar-refractivity contribution in [2.24, 2.45) is 11.1 Å². The summed E-state index contributed by atoms with van der Waals surface area (Å²) in [5.41, 5.74) is 8.09. The second kappa shape index (κ2) is 11.2. The van der Waals surface area contributed by atoms with Crippen LogP contribution in [0.4, 0.5) is 8.78 Å². The van der Waals surface area contributed by atoms with Crippen molar-refractivity contribution in [1.29, 1.82) is 0 Å². The summed E-state index contributed by atoms with van der Waals surface area (Å²) in [7, 11) is 0. The normalized spacial score (nSPS) is 12.6. The van der Waals surface area contributed by atoms with Gasteiger partial charge < -0.3 is 15.2 Å². The van der Waals surface area contributed by atoms with E-state index in [1.54, 1.807) is 0 Å². The van der Waals surface area contributed by atoms with Gasteiger partial charge in [0.25, 0.3) is 0 Å². The summed E-state index contributed by atoms with van der Waals surface area (Å²) < 4.78 is 30.7. The van der Waals surface area contributed by atoms with Gasteiger partial charge in [0.1, 0.15) is 11.6 Å². The standard InChI is InChI=1S/C27H33F2N3OS/c1-27(2,3)26(32(13-7-12-30)25(33)18-34)24-14-20(22-15-21(28)10-11-23(22)29)17-31(24)16-19-8-5-4-6-9-19/h4-6,8-11,14-15,17,26,34H,7,12-13,16,18,30H2,1-3H3. The molecular weight excluding hydrogens is 452 g/mol. The highest BCUT2D eigenvalue weighted by atomic mass is 32.1. The van der Waals surface area contributed by atoms with E-state index in [0.717, 1.165) is 23.4 Å². The molecule has 34 heavy (non-hydrogen) atoms. The maximum atomic E-state index is 14.7. The monoisotopic (exact) mass is 485 g/mol. The highest BCUT2D eigenvalue weighted by Crippen LogP contribution is 2.41. The smallest absolute Gasteiger partial charge is 0.232 e. The van der Waals surface area contributed by atoms with Gasteiger partial charge in [0.2, 0.25) is 5.91 Å². The van der Waals surface area contributed by atoms with E-state index in [1.807, 2.05) is 52.1 Å². The molecule has 0 saturated heterocycles. The van der Waals surface area contributed by atoms with Gasteiger partial charge in [-0.25, -0.2) is 8.78 Å². The maximum Gasteiger partial charge on any atom is 0.232 e. The molecule has 3 aromatic rings. The third-order valence-electron chi connectivity index (χ3n) is 5.84.